The van der Waals surface area contributed by atoms with Gasteiger partial charge in [0.15, 0.2) is 0 Å². The third kappa shape index (κ3) is 10.5. The van der Waals surface area contributed by atoms with Crippen molar-refractivity contribution in [2.45, 2.75) is 32.1 Å². The quantitative estimate of drug-likeness (QED) is 0.557. The number of nitrogens with one attached hydrogen (secondary N) is 2. The third-order valence-corrected chi connectivity index (χ3v) is 3.06. The highest BCUT2D eigenvalue weighted by Crippen LogP contribution is 1.97. The van der Waals surface area contributed by atoms with E-state index in [1.54, 1.807) is 0 Å². The minimum atomic E-state index is -0.473. The van der Waals surface area contributed by atoms with Crippen LogP contribution in [0.5, 0.6) is 0 Å². The van der Waals surface area contributed by atoms with Crippen LogP contribution in [0.15, 0.2) is 0 Å². The van der Waals surface area contributed by atoms with Crippen LogP contribution in [0.3, 0.4) is 0 Å². The summed E-state index contributed by atoms with van der Waals surface area (Å²) >= 11 is 0. The molecule has 2 amide bonds. The lowest BCUT2D eigenvalue weighted by Crippen LogP contribution is -2.30. The highest BCUT2D eigenvalue weighted by Gasteiger charge is 2.10. The number of hydrogen-bond acceptors (Lipinski definition) is 7. The minimum Gasteiger partial charge on any atom is -0.466 e. The van der Waals surface area contributed by atoms with Crippen LogP contribution >= 0.6 is 0 Å². The average molecular weight is 344 g/mol. The molecule has 1 fully saturated rings. The number of ether oxygens (including phenoxy) is 3. The summed E-state index contributed by atoms with van der Waals surface area (Å²) in [6, 6.07) is 0. The summed E-state index contributed by atoms with van der Waals surface area (Å²) < 4.78 is 15.1. The Balaban J connectivity index is 2.35. The van der Waals surface area contributed by atoms with Crippen molar-refractivity contribution >= 4 is 23.8 Å². The zero-order valence-electron chi connectivity index (χ0n) is 13.6. The second-order valence-corrected chi connectivity index (χ2v) is 5.11. The zero-order valence-corrected chi connectivity index (χ0v) is 13.6. The van der Waals surface area contributed by atoms with Gasteiger partial charge in [0.1, 0.15) is 0 Å². The smallest absolute Gasteiger partial charge is 0.306 e. The topological polar surface area (TPSA) is 120 Å². The number of esters is 2. The molecule has 0 radical (unpaired) electrons. The molecule has 136 valence electrons. The molecule has 0 bridgehead atoms. The van der Waals surface area contributed by atoms with Crippen molar-refractivity contribution in [3.05, 3.63) is 0 Å². The van der Waals surface area contributed by atoms with Gasteiger partial charge in [0, 0.05) is 32.4 Å². The lowest BCUT2D eigenvalue weighted by atomic mass is 10.3. The molecule has 0 unspecified atom stereocenters. The molecule has 0 aromatic carbocycles. The highest BCUT2D eigenvalue weighted by atomic mass is 16.5. The Morgan fingerprint density at radius 3 is 1.54 bits per heavy atom. The number of hydrogen-bond donors (Lipinski definition) is 2. The summed E-state index contributed by atoms with van der Waals surface area (Å²) in [6.45, 7) is 1.49. The summed E-state index contributed by atoms with van der Waals surface area (Å²) in [6.07, 6.45) is 0.456. The van der Waals surface area contributed by atoms with E-state index in [1.807, 2.05) is 0 Å². The second kappa shape index (κ2) is 12.3. The molecule has 0 spiro atoms. The summed E-state index contributed by atoms with van der Waals surface area (Å²) in [5.41, 5.74) is 0. The molecular weight excluding hydrogens is 320 g/mol. The fraction of sp³-hybridized carbons (Fsp3) is 0.733. The van der Waals surface area contributed by atoms with Crippen LogP contribution in [-0.2, 0) is 33.4 Å². The van der Waals surface area contributed by atoms with Gasteiger partial charge in [0.05, 0.1) is 39.3 Å². The Labute approximate surface area is 140 Å². The van der Waals surface area contributed by atoms with Gasteiger partial charge in [-0.3, -0.25) is 19.2 Å². The van der Waals surface area contributed by atoms with Gasteiger partial charge in [-0.15, -0.1) is 0 Å². The average Bonchev–Trinajstić information content (AvgIpc) is 2.56. The molecule has 0 atom stereocenters. The van der Waals surface area contributed by atoms with E-state index in [4.69, 9.17) is 14.2 Å². The van der Waals surface area contributed by atoms with E-state index in [-0.39, 0.29) is 50.7 Å². The van der Waals surface area contributed by atoms with E-state index < -0.39 is 11.9 Å². The van der Waals surface area contributed by atoms with Crippen LogP contribution in [-0.4, -0.2) is 63.3 Å². The maximum absolute atomic E-state index is 11.5. The van der Waals surface area contributed by atoms with Crippen LogP contribution in [0.25, 0.3) is 0 Å². The second-order valence-electron chi connectivity index (χ2n) is 5.11. The third-order valence-electron chi connectivity index (χ3n) is 3.06. The monoisotopic (exact) mass is 344 g/mol. The van der Waals surface area contributed by atoms with Crippen LogP contribution < -0.4 is 10.6 Å². The molecule has 0 aromatic rings. The van der Waals surface area contributed by atoms with E-state index in [1.165, 1.54) is 0 Å². The van der Waals surface area contributed by atoms with Gasteiger partial charge in [-0.2, -0.15) is 0 Å². The van der Waals surface area contributed by atoms with Crippen molar-refractivity contribution in [1.29, 1.82) is 0 Å². The first-order chi connectivity index (χ1) is 11.6. The molecule has 24 heavy (non-hydrogen) atoms. The number of rotatable bonds is 0. The van der Waals surface area contributed by atoms with Crippen LogP contribution in [0.2, 0.25) is 0 Å². The summed E-state index contributed by atoms with van der Waals surface area (Å²) in [7, 11) is 0. The molecule has 0 saturated carbocycles. The van der Waals surface area contributed by atoms with E-state index in [9.17, 15) is 19.2 Å². The maximum atomic E-state index is 11.5. The van der Waals surface area contributed by atoms with E-state index in [0.29, 0.717) is 32.7 Å². The normalized spacial score (nSPS) is 21.0. The van der Waals surface area contributed by atoms with Crippen LogP contribution in [0.1, 0.15) is 32.1 Å². The zero-order chi connectivity index (χ0) is 17.6. The van der Waals surface area contributed by atoms with Crippen molar-refractivity contribution in [3.63, 3.8) is 0 Å². The Morgan fingerprint density at radius 2 is 1.08 bits per heavy atom. The van der Waals surface area contributed by atoms with Gasteiger partial charge < -0.3 is 24.8 Å². The van der Waals surface area contributed by atoms with E-state index in [2.05, 4.69) is 10.6 Å². The van der Waals surface area contributed by atoms with E-state index >= 15 is 0 Å². The Kier molecular flexibility index (Phi) is 10.2. The number of carbonyl (C=O) groups excluding carboxylic acids is 4. The number of amides is 2. The molecule has 9 nitrogen and oxygen atoms in total. The largest absolute Gasteiger partial charge is 0.466 e. The van der Waals surface area contributed by atoms with E-state index in [0.717, 1.165) is 0 Å². The lowest BCUT2D eigenvalue weighted by Gasteiger charge is -2.09. The minimum absolute atomic E-state index is 0.00148. The molecular formula is C15H24N2O7. The molecule has 1 aliphatic heterocycles. The summed E-state index contributed by atoms with van der Waals surface area (Å²) in [5.74, 6) is -1.46. The van der Waals surface area contributed by atoms with Crippen molar-refractivity contribution < 1.29 is 33.4 Å². The van der Waals surface area contributed by atoms with Gasteiger partial charge in [-0.1, -0.05) is 0 Å². The summed E-state index contributed by atoms with van der Waals surface area (Å²) in [5, 5.41) is 5.25. The summed E-state index contributed by atoms with van der Waals surface area (Å²) in [4.78, 5) is 45.8. The fourth-order valence-corrected chi connectivity index (χ4v) is 1.81. The number of cyclic esters (lactones) is 2. The van der Waals surface area contributed by atoms with Gasteiger partial charge >= 0.3 is 11.9 Å². The van der Waals surface area contributed by atoms with Crippen LogP contribution in [0.4, 0.5) is 0 Å². The first kappa shape index (κ1) is 19.9. The fourth-order valence-electron chi connectivity index (χ4n) is 1.81. The molecule has 0 aromatic heterocycles. The molecule has 0 aliphatic carbocycles. The van der Waals surface area contributed by atoms with Crippen molar-refractivity contribution in [2.24, 2.45) is 0 Å². The Hall–Kier alpha value is -2.16. The van der Waals surface area contributed by atoms with Gasteiger partial charge in [0.2, 0.25) is 11.8 Å². The Morgan fingerprint density at radius 1 is 0.625 bits per heavy atom. The first-order valence-electron chi connectivity index (χ1n) is 8.00. The molecule has 2 N–H and O–H groups in total. The maximum Gasteiger partial charge on any atom is 0.306 e. The molecule has 1 heterocycles. The van der Waals surface area contributed by atoms with Gasteiger partial charge in [-0.25, -0.2) is 0 Å². The predicted octanol–water partition coefficient (Wildman–Crippen LogP) is -0.714. The van der Waals surface area contributed by atoms with Gasteiger partial charge in [-0.05, 0) is 0 Å². The van der Waals surface area contributed by atoms with Crippen molar-refractivity contribution in [3.8, 4) is 0 Å². The molecule has 1 rings (SSSR count). The van der Waals surface area contributed by atoms with Crippen molar-refractivity contribution in [2.75, 3.05) is 39.5 Å². The van der Waals surface area contributed by atoms with Crippen molar-refractivity contribution in [1.82, 2.24) is 10.6 Å². The number of carbonyl (C=O) groups is 4. The van der Waals surface area contributed by atoms with Crippen LogP contribution in [0, 0.1) is 0 Å². The van der Waals surface area contributed by atoms with Gasteiger partial charge in [0.25, 0.3) is 0 Å². The highest BCUT2D eigenvalue weighted by molar-refractivity contribution is 5.81. The first-order valence-corrected chi connectivity index (χ1v) is 8.00. The Bertz CT molecular complexity index is 402. The molecule has 9 heteroatoms. The standard InChI is InChI=1S/C15H24N2O7/c18-12-2-4-14(20)23-8-1-9-24-15(21)5-3-13(19)17-7-11-22-10-6-16-12/h1-11H2,(H,16,18)(H,17,19). The molecule has 1 aliphatic rings. The SMILES string of the molecule is O=C1CCC(=O)OCCCOC(=O)CCC(=O)NCCOCCN1. The molecule has 1 saturated heterocycles. The lowest BCUT2D eigenvalue weighted by molar-refractivity contribution is -0.147. The predicted molar refractivity (Wildman–Crippen MR) is 81.8 cm³/mol.